The molecule has 3 aromatic heterocycles. The molecular weight excluding hydrogens is 214 g/mol. The summed E-state index contributed by atoms with van der Waals surface area (Å²) in [6.45, 7) is 0. The minimum Gasteiger partial charge on any atom is -0.397 e. The molecule has 0 saturated heterocycles. The number of fused-ring (bicyclic) bond motifs is 1. The summed E-state index contributed by atoms with van der Waals surface area (Å²) >= 11 is 0. The summed E-state index contributed by atoms with van der Waals surface area (Å²) in [4.78, 5) is 12.9. The molecule has 0 atom stereocenters. The predicted molar refractivity (Wildman–Crippen MR) is 66.2 cm³/mol. The van der Waals surface area contributed by atoms with Gasteiger partial charge in [0.25, 0.3) is 0 Å². The van der Waals surface area contributed by atoms with E-state index >= 15 is 0 Å². The number of rotatable bonds is 1. The molecule has 17 heavy (non-hydrogen) atoms. The normalized spacial score (nSPS) is 10.9. The largest absolute Gasteiger partial charge is 0.397 e. The smallest absolute Gasteiger partial charge is 0.159 e. The van der Waals surface area contributed by atoms with Gasteiger partial charge in [-0.15, -0.1) is 0 Å². The van der Waals surface area contributed by atoms with Crippen LogP contribution in [0, 0.1) is 0 Å². The highest BCUT2D eigenvalue weighted by atomic mass is 15.1. The van der Waals surface area contributed by atoms with Crippen molar-refractivity contribution in [1.29, 1.82) is 0 Å². The summed E-state index contributed by atoms with van der Waals surface area (Å²) in [5.74, 6) is 0.818. The maximum Gasteiger partial charge on any atom is 0.159 e. The van der Waals surface area contributed by atoms with E-state index in [9.17, 15) is 0 Å². The van der Waals surface area contributed by atoms with Gasteiger partial charge in [0.15, 0.2) is 5.65 Å². The zero-order valence-corrected chi connectivity index (χ0v) is 9.33. The van der Waals surface area contributed by atoms with Crippen molar-refractivity contribution in [3.63, 3.8) is 0 Å². The predicted octanol–water partition coefficient (Wildman–Crippen LogP) is 1.61. The number of nitrogen functional groups attached to an aromatic ring is 1. The Morgan fingerprint density at radius 1 is 1.29 bits per heavy atom. The van der Waals surface area contributed by atoms with E-state index < -0.39 is 0 Å². The SMILES string of the molecule is Cn1c(-c2cncc(N)c2)nc2cccnc21. The lowest BCUT2D eigenvalue weighted by molar-refractivity contribution is 0.940. The molecule has 3 heterocycles. The minimum atomic E-state index is 0.627. The van der Waals surface area contributed by atoms with Crippen molar-refractivity contribution in [2.24, 2.45) is 7.05 Å². The molecule has 2 N–H and O–H groups in total. The van der Waals surface area contributed by atoms with Crippen LogP contribution in [0.2, 0.25) is 0 Å². The molecule has 0 bridgehead atoms. The van der Waals surface area contributed by atoms with Crippen LogP contribution < -0.4 is 5.73 Å². The fourth-order valence-electron chi connectivity index (χ4n) is 1.86. The third kappa shape index (κ3) is 1.52. The Morgan fingerprint density at radius 2 is 2.18 bits per heavy atom. The summed E-state index contributed by atoms with van der Waals surface area (Å²) in [7, 11) is 1.93. The van der Waals surface area contributed by atoms with E-state index in [2.05, 4.69) is 15.0 Å². The monoisotopic (exact) mass is 225 g/mol. The lowest BCUT2D eigenvalue weighted by Crippen LogP contribution is -1.95. The molecule has 0 unspecified atom stereocenters. The topological polar surface area (TPSA) is 69.6 Å². The number of nitrogens with zero attached hydrogens (tertiary/aromatic N) is 4. The molecule has 3 rings (SSSR count). The second-order valence-electron chi connectivity index (χ2n) is 3.85. The molecule has 0 aromatic carbocycles. The molecule has 0 fully saturated rings. The molecule has 5 heteroatoms. The number of imidazole rings is 1. The highest BCUT2D eigenvalue weighted by Gasteiger charge is 2.10. The number of aryl methyl sites for hydroxylation is 1. The van der Waals surface area contributed by atoms with Crippen molar-refractivity contribution >= 4 is 16.9 Å². The van der Waals surface area contributed by atoms with Gasteiger partial charge in [0.05, 0.1) is 5.69 Å². The summed E-state index contributed by atoms with van der Waals surface area (Å²) in [6.07, 6.45) is 5.12. The summed E-state index contributed by atoms with van der Waals surface area (Å²) in [5, 5.41) is 0. The molecule has 0 saturated carbocycles. The zero-order valence-electron chi connectivity index (χ0n) is 9.33. The van der Waals surface area contributed by atoms with Crippen molar-refractivity contribution < 1.29 is 0 Å². The van der Waals surface area contributed by atoms with Gasteiger partial charge in [-0.3, -0.25) is 4.98 Å². The summed E-state index contributed by atoms with van der Waals surface area (Å²) in [6, 6.07) is 5.66. The summed E-state index contributed by atoms with van der Waals surface area (Å²) in [5.41, 5.74) is 8.97. The Morgan fingerprint density at radius 3 is 2.94 bits per heavy atom. The molecule has 0 aliphatic rings. The van der Waals surface area contributed by atoms with E-state index in [0.717, 1.165) is 22.6 Å². The molecule has 0 aliphatic carbocycles. The van der Waals surface area contributed by atoms with Crippen LogP contribution in [-0.4, -0.2) is 19.5 Å². The van der Waals surface area contributed by atoms with Crippen molar-refractivity contribution in [1.82, 2.24) is 19.5 Å². The Labute approximate surface area is 98.0 Å². The molecule has 0 radical (unpaired) electrons. The second-order valence-corrected chi connectivity index (χ2v) is 3.85. The first-order valence-electron chi connectivity index (χ1n) is 5.24. The molecule has 0 spiro atoms. The van der Waals surface area contributed by atoms with Crippen molar-refractivity contribution in [2.45, 2.75) is 0 Å². The number of nitrogens with two attached hydrogens (primary N) is 1. The number of anilines is 1. The average Bonchev–Trinajstić information content (AvgIpc) is 2.68. The molecule has 3 aromatic rings. The van der Waals surface area contributed by atoms with E-state index in [1.54, 1.807) is 18.6 Å². The lowest BCUT2D eigenvalue weighted by atomic mass is 10.2. The first-order valence-corrected chi connectivity index (χ1v) is 5.24. The van der Waals surface area contributed by atoms with E-state index in [1.807, 2.05) is 29.8 Å². The number of hydrogen-bond acceptors (Lipinski definition) is 4. The van der Waals surface area contributed by atoms with Crippen LogP contribution in [0.5, 0.6) is 0 Å². The van der Waals surface area contributed by atoms with Crippen LogP contribution in [0.1, 0.15) is 0 Å². The van der Waals surface area contributed by atoms with Gasteiger partial charge in [-0.1, -0.05) is 0 Å². The molecule has 0 aliphatic heterocycles. The van der Waals surface area contributed by atoms with E-state index in [-0.39, 0.29) is 0 Å². The number of pyridine rings is 2. The van der Waals surface area contributed by atoms with Crippen LogP contribution >= 0.6 is 0 Å². The van der Waals surface area contributed by atoms with Crippen LogP contribution in [0.15, 0.2) is 36.8 Å². The summed E-state index contributed by atoms with van der Waals surface area (Å²) < 4.78 is 1.94. The highest BCUT2D eigenvalue weighted by Crippen LogP contribution is 2.22. The van der Waals surface area contributed by atoms with Crippen molar-refractivity contribution in [3.05, 3.63) is 36.8 Å². The Hall–Kier alpha value is -2.43. The van der Waals surface area contributed by atoms with Gasteiger partial charge in [0.1, 0.15) is 11.3 Å². The number of aromatic nitrogens is 4. The minimum absolute atomic E-state index is 0.627. The maximum absolute atomic E-state index is 5.73. The van der Waals surface area contributed by atoms with Gasteiger partial charge in [-0.25, -0.2) is 9.97 Å². The van der Waals surface area contributed by atoms with E-state index in [1.165, 1.54) is 0 Å². The van der Waals surface area contributed by atoms with Gasteiger partial charge in [-0.05, 0) is 18.2 Å². The van der Waals surface area contributed by atoms with Gasteiger partial charge in [-0.2, -0.15) is 0 Å². The first-order chi connectivity index (χ1) is 8.25. The third-order valence-corrected chi connectivity index (χ3v) is 2.65. The third-order valence-electron chi connectivity index (χ3n) is 2.65. The fraction of sp³-hybridized carbons (Fsp3) is 0.0833. The molecule has 0 amide bonds. The Balaban J connectivity index is 2.27. The Bertz CT molecular complexity index is 686. The first kappa shape index (κ1) is 9.77. The van der Waals surface area contributed by atoms with Crippen LogP contribution in [0.25, 0.3) is 22.6 Å². The highest BCUT2D eigenvalue weighted by molar-refractivity contribution is 5.77. The standard InChI is InChI=1S/C12H11N5/c1-17-11(8-5-9(13)7-14-6-8)16-10-3-2-4-15-12(10)17/h2-7H,13H2,1H3. The van der Waals surface area contributed by atoms with Gasteiger partial charge < -0.3 is 10.3 Å². The van der Waals surface area contributed by atoms with E-state index in [4.69, 9.17) is 5.73 Å². The van der Waals surface area contributed by atoms with Gasteiger partial charge in [0, 0.05) is 31.2 Å². The number of hydrogen-bond donors (Lipinski definition) is 1. The molecular formula is C12H11N5. The quantitative estimate of drug-likeness (QED) is 0.683. The fourth-order valence-corrected chi connectivity index (χ4v) is 1.86. The van der Waals surface area contributed by atoms with Crippen molar-refractivity contribution in [3.8, 4) is 11.4 Å². The van der Waals surface area contributed by atoms with Gasteiger partial charge >= 0.3 is 0 Å². The van der Waals surface area contributed by atoms with Crippen molar-refractivity contribution in [2.75, 3.05) is 5.73 Å². The van der Waals surface area contributed by atoms with Crippen LogP contribution in [-0.2, 0) is 7.05 Å². The Kier molecular flexibility index (Phi) is 2.04. The lowest BCUT2D eigenvalue weighted by Gasteiger charge is -2.01. The molecule has 84 valence electrons. The zero-order chi connectivity index (χ0) is 11.8. The average molecular weight is 225 g/mol. The van der Waals surface area contributed by atoms with Crippen LogP contribution in [0.4, 0.5) is 5.69 Å². The van der Waals surface area contributed by atoms with E-state index in [0.29, 0.717) is 5.69 Å². The maximum atomic E-state index is 5.73. The van der Waals surface area contributed by atoms with Gasteiger partial charge in [0.2, 0.25) is 0 Å². The molecule has 5 nitrogen and oxygen atoms in total. The second kappa shape index (κ2) is 3.55. The van der Waals surface area contributed by atoms with Crippen LogP contribution in [0.3, 0.4) is 0 Å².